The molecule has 24 heavy (non-hydrogen) atoms. The van der Waals surface area contributed by atoms with E-state index in [-0.39, 0.29) is 12.4 Å². The average molecular weight is 373 g/mol. The van der Waals surface area contributed by atoms with Crippen LogP contribution in [0.3, 0.4) is 0 Å². The van der Waals surface area contributed by atoms with Crippen molar-refractivity contribution in [3.8, 4) is 0 Å². The van der Waals surface area contributed by atoms with Gasteiger partial charge in [0.05, 0.1) is 18.9 Å². The van der Waals surface area contributed by atoms with Crippen LogP contribution in [0.2, 0.25) is 5.02 Å². The molecule has 1 heterocycles. The quantitative estimate of drug-likeness (QED) is 0.311. The fourth-order valence-electron chi connectivity index (χ4n) is 1.64. The van der Waals surface area contributed by atoms with Gasteiger partial charge in [-0.25, -0.2) is 9.76 Å². The summed E-state index contributed by atoms with van der Waals surface area (Å²) < 4.78 is 22.7. The Hall–Kier alpha value is -2.35. The van der Waals surface area contributed by atoms with Gasteiger partial charge in [0.25, 0.3) is 0 Å². The molecule has 11 heteroatoms. The van der Waals surface area contributed by atoms with Crippen molar-refractivity contribution in [1.82, 2.24) is 5.20 Å². The Morgan fingerprint density at radius 2 is 2.08 bits per heavy atom. The number of benzene rings is 1. The molecular formula is C13H14ClN4O5P. The van der Waals surface area contributed by atoms with Crippen LogP contribution in [-0.2, 0) is 9.09 Å². The number of rotatable bonds is 8. The lowest BCUT2D eigenvalue weighted by Crippen LogP contribution is -2.13. The predicted octanol–water partition coefficient (Wildman–Crippen LogP) is 4.02. The molecule has 1 atom stereocenters. The van der Waals surface area contributed by atoms with Crippen LogP contribution in [0.15, 0.2) is 45.9 Å². The lowest BCUT2D eigenvalue weighted by molar-refractivity contribution is -0.402. The Balaban J connectivity index is 2.05. The van der Waals surface area contributed by atoms with Crippen LogP contribution in [0.1, 0.15) is 12.7 Å². The summed E-state index contributed by atoms with van der Waals surface area (Å²) in [6.45, 7) is 1.85. The van der Waals surface area contributed by atoms with Crippen molar-refractivity contribution in [2.24, 2.45) is 5.10 Å². The van der Waals surface area contributed by atoms with Crippen molar-refractivity contribution in [2.75, 3.05) is 11.7 Å². The third kappa shape index (κ3) is 5.09. The molecule has 2 rings (SSSR count). The van der Waals surface area contributed by atoms with Crippen molar-refractivity contribution in [3.05, 3.63) is 57.3 Å². The van der Waals surface area contributed by atoms with Crippen LogP contribution in [0.5, 0.6) is 0 Å². The molecular weight excluding hydrogens is 359 g/mol. The molecule has 128 valence electrons. The van der Waals surface area contributed by atoms with Gasteiger partial charge in [0.1, 0.15) is 4.92 Å². The lowest BCUT2D eigenvalue weighted by Gasteiger charge is -2.18. The molecule has 0 amide bonds. The summed E-state index contributed by atoms with van der Waals surface area (Å²) in [5, 5.41) is 19.9. The van der Waals surface area contributed by atoms with E-state index in [1.807, 2.05) is 0 Å². The first-order valence-electron chi connectivity index (χ1n) is 6.75. The highest BCUT2D eigenvalue weighted by Crippen LogP contribution is 2.42. The minimum atomic E-state index is -3.52. The highest BCUT2D eigenvalue weighted by molar-refractivity contribution is 7.58. The molecule has 2 aromatic rings. The van der Waals surface area contributed by atoms with E-state index < -0.39 is 18.5 Å². The third-order valence-corrected chi connectivity index (χ3v) is 4.41. The number of anilines is 1. The topological polar surface area (TPSA) is 119 Å². The zero-order valence-electron chi connectivity index (χ0n) is 12.5. The minimum absolute atomic E-state index is 0.128. The number of furan rings is 1. The van der Waals surface area contributed by atoms with E-state index in [4.69, 9.17) is 20.5 Å². The standard InChI is InChI=1S/C13H14ClN4O5P/c1-2-22-24(21,16-11-5-3-10(14)4-6-11)17-15-9-12-7-8-13(23-12)18(19)20/h3-9H,2H2,1H3,(H2,16,17,21)/b15-9+. The van der Waals surface area contributed by atoms with Gasteiger partial charge in [-0.3, -0.25) is 19.7 Å². The fourth-order valence-corrected chi connectivity index (χ4v) is 3.00. The van der Waals surface area contributed by atoms with Crippen molar-refractivity contribution in [3.63, 3.8) is 0 Å². The zero-order valence-corrected chi connectivity index (χ0v) is 14.2. The number of hydrazone groups is 1. The minimum Gasteiger partial charge on any atom is -0.400 e. The average Bonchev–Trinajstić information content (AvgIpc) is 2.99. The van der Waals surface area contributed by atoms with Gasteiger partial charge < -0.3 is 4.42 Å². The molecule has 0 aliphatic rings. The van der Waals surface area contributed by atoms with Gasteiger partial charge >= 0.3 is 13.6 Å². The first-order valence-corrected chi connectivity index (χ1v) is 8.75. The van der Waals surface area contributed by atoms with E-state index in [1.165, 1.54) is 12.1 Å². The van der Waals surface area contributed by atoms with E-state index in [9.17, 15) is 14.7 Å². The van der Waals surface area contributed by atoms with E-state index in [0.717, 1.165) is 6.21 Å². The van der Waals surface area contributed by atoms with Crippen molar-refractivity contribution >= 4 is 37.1 Å². The molecule has 0 aliphatic carbocycles. The van der Waals surface area contributed by atoms with E-state index in [0.29, 0.717) is 10.7 Å². The predicted molar refractivity (Wildman–Crippen MR) is 90.4 cm³/mol. The lowest BCUT2D eigenvalue weighted by atomic mass is 10.3. The van der Waals surface area contributed by atoms with E-state index >= 15 is 0 Å². The Labute approximate surface area is 142 Å². The molecule has 9 nitrogen and oxygen atoms in total. The second-order valence-electron chi connectivity index (χ2n) is 4.38. The smallest absolute Gasteiger partial charge is 0.400 e. The number of nitrogens with one attached hydrogen (secondary N) is 2. The second kappa shape index (κ2) is 7.96. The van der Waals surface area contributed by atoms with E-state index in [2.05, 4.69) is 15.4 Å². The van der Waals surface area contributed by atoms with Gasteiger partial charge in [-0.2, -0.15) is 5.10 Å². The molecule has 1 aromatic heterocycles. The molecule has 0 saturated carbocycles. The second-order valence-corrected chi connectivity index (χ2v) is 6.60. The molecule has 2 N–H and O–H groups in total. The molecule has 0 saturated heterocycles. The van der Waals surface area contributed by atoms with Gasteiger partial charge in [0.2, 0.25) is 0 Å². The molecule has 0 spiro atoms. The maximum absolute atomic E-state index is 12.6. The largest absolute Gasteiger partial charge is 0.433 e. The van der Waals surface area contributed by atoms with Crippen LogP contribution in [0.25, 0.3) is 0 Å². The van der Waals surface area contributed by atoms with Gasteiger partial charge in [-0.15, -0.1) is 0 Å². The fraction of sp³-hybridized carbons (Fsp3) is 0.154. The first kappa shape index (κ1) is 18.0. The maximum Gasteiger partial charge on any atom is 0.433 e. The Kier molecular flexibility index (Phi) is 5.97. The van der Waals surface area contributed by atoms with E-state index in [1.54, 1.807) is 31.2 Å². The highest BCUT2D eigenvalue weighted by Gasteiger charge is 2.22. The molecule has 0 radical (unpaired) electrons. The number of nitro groups is 1. The summed E-state index contributed by atoms with van der Waals surface area (Å²) in [7, 11) is -3.52. The summed E-state index contributed by atoms with van der Waals surface area (Å²) in [6, 6.07) is 9.08. The van der Waals surface area contributed by atoms with Crippen LogP contribution < -0.4 is 10.3 Å². The van der Waals surface area contributed by atoms with Crippen molar-refractivity contribution < 1.29 is 18.4 Å². The van der Waals surface area contributed by atoms with Crippen LogP contribution >= 0.6 is 19.3 Å². The Morgan fingerprint density at radius 1 is 1.38 bits per heavy atom. The SMILES string of the molecule is CCOP(=O)(N/N=C/c1ccc([N+](=O)[O-])o1)Nc1ccc(Cl)cc1. The number of hydrogen-bond donors (Lipinski definition) is 2. The molecule has 0 bridgehead atoms. The molecule has 0 fully saturated rings. The summed E-state index contributed by atoms with van der Waals surface area (Å²) >= 11 is 5.79. The first-order chi connectivity index (χ1) is 11.4. The van der Waals surface area contributed by atoms with Gasteiger partial charge in [0, 0.05) is 10.7 Å². The Bertz CT molecular complexity index is 777. The molecule has 1 aromatic carbocycles. The zero-order chi connectivity index (χ0) is 17.6. The third-order valence-electron chi connectivity index (χ3n) is 2.61. The van der Waals surface area contributed by atoms with Crippen LogP contribution in [0.4, 0.5) is 11.6 Å². The van der Waals surface area contributed by atoms with Crippen LogP contribution in [-0.4, -0.2) is 17.7 Å². The van der Waals surface area contributed by atoms with Crippen molar-refractivity contribution in [1.29, 1.82) is 0 Å². The maximum atomic E-state index is 12.6. The summed E-state index contributed by atoms with van der Waals surface area (Å²) in [5.74, 6) is -0.285. The van der Waals surface area contributed by atoms with Gasteiger partial charge in [-0.05, 0) is 37.3 Å². The molecule has 0 aliphatic heterocycles. The highest BCUT2D eigenvalue weighted by atomic mass is 35.5. The van der Waals surface area contributed by atoms with Gasteiger partial charge in [-0.1, -0.05) is 11.6 Å². The molecule has 1 unspecified atom stereocenters. The summed E-state index contributed by atoms with van der Waals surface area (Å²) in [4.78, 5) is 9.86. The number of halogens is 1. The normalized spacial score (nSPS) is 13.6. The van der Waals surface area contributed by atoms with Crippen LogP contribution in [0, 0.1) is 10.1 Å². The number of nitrogens with zero attached hydrogens (tertiary/aromatic N) is 2. The monoisotopic (exact) mass is 372 g/mol. The van der Waals surface area contributed by atoms with Gasteiger partial charge in [0.15, 0.2) is 5.76 Å². The van der Waals surface area contributed by atoms with Crippen molar-refractivity contribution in [2.45, 2.75) is 6.92 Å². The Morgan fingerprint density at radius 3 is 2.67 bits per heavy atom. The summed E-state index contributed by atoms with van der Waals surface area (Å²) in [6.07, 6.45) is 1.15. The number of hydrogen-bond acceptors (Lipinski definition) is 6. The summed E-state index contributed by atoms with van der Waals surface area (Å²) in [5.41, 5.74) is 0.521.